The molecule has 5 rings (SSSR count). The molecule has 2 fully saturated rings. The molecule has 5 heterocycles. The van der Waals surface area contributed by atoms with Gasteiger partial charge in [-0.05, 0) is 18.9 Å². The Morgan fingerprint density at radius 2 is 1.92 bits per heavy atom. The number of aromatic nitrogens is 2. The Morgan fingerprint density at radius 3 is 2.64 bits per heavy atom. The van der Waals surface area contributed by atoms with Crippen molar-refractivity contribution in [3.05, 3.63) is 17.7 Å². The quantitative estimate of drug-likeness (QED) is 0.489. The molecule has 1 aromatic heterocycles. The average molecular weight is 517 g/mol. The highest BCUT2D eigenvalue weighted by Crippen LogP contribution is 2.31. The molecule has 0 aliphatic carbocycles. The lowest BCUT2D eigenvalue weighted by Gasteiger charge is -2.37. The lowest BCUT2D eigenvalue weighted by Crippen LogP contribution is -2.48. The summed E-state index contributed by atoms with van der Waals surface area (Å²) in [4.78, 5) is 22.5. The second-order valence-electron chi connectivity index (χ2n) is 10.4. The van der Waals surface area contributed by atoms with Crippen LogP contribution in [0.25, 0.3) is 0 Å². The van der Waals surface area contributed by atoms with Gasteiger partial charge >= 0.3 is 0 Å². The molecule has 0 spiro atoms. The summed E-state index contributed by atoms with van der Waals surface area (Å²) in [6.45, 7) is 12.9. The van der Waals surface area contributed by atoms with Crippen molar-refractivity contribution in [2.24, 2.45) is 10.9 Å². The van der Waals surface area contributed by atoms with E-state index >= 15 is 0 Å². The van der Waals surface area contributed by atoms with Crippen molar-refractivity contribution in [3.8, 4) is 0 Å². The Bertz CT molecular complexity index is 1040. The summed E-state index contributed by atoms with van der Waals surface area (Å²) in [5.41, 5.74) is 2.15. The first kappa shape index (κ1) is 25.4. The normalized spacial score (nSPS) is 25.5. The van der Waals surface area contributed by atoms with Gasteiger partial charge in [-0.3, -0.25) is 4.21 Å². The van der Waals surface area contributed by atoms with Gasteiger partial charge in [0.1, 0.15) is 16.5 Å². The summed E-state index contributed by atoms with van der Waals surface area (Å²) in [7, 11) is -1.10. The van der Waals surface area contributed by atoms with Crippen LogP contribution in [0.15, 0.2) is 21.9 Å². The molecule has 11 heteroatoms. The van der Waals surface area contributed by atoms with Gasteiger partial charge < -0.3 is 30.4 Å². The maximum atomic E-state index is 12.7. The molecule has 0 radical (unpaired) electrons. The number of anilines is 2. The molecule has 36 heavy (non-hydrogen) atoms. The minimum Gasteiger partial charge on any atom is -0.394 e. The van der Waals surface area contributed by atoms with Gasteiger partial charge in [0.2, 0.25) is 5.95 Å². The summed E-state index contributed by atoms with van der Waals surface area (Å²) in [5.74, 6) is 3.13. The zero-order chi connectivity index (χ0) is 25.2. The summed E-state index contributed by atoms with van der Waals surface area (Å²) in [6, 6.07) is 0.213. The van der Waals surface area contributed by atoms with Gasteiger partial charge in [0.15, 0.2) is 0 Å². The van der Waals surface area contributed by atoms with E-state index in [1.54, 1.807) is 0 Å². The molecule has 3 N–H and O–H groups in total. The van der Waals surface area contributed by atoms with Crippen molar-refractivity contribution >= 4 is 28.3 Å². The molecule has 2 saturated heterocycles. The van der Waals surface area contributed by atoms with Crippen LogP contribution in [-0.2, 0) is 17.2 Å². The number of nitrogens with one attached hydrogen (secondary N) is 2. The Hall–Kier alpha value is -2.24. The van der Waals surface area contributed by atoms with E-state index in [1.807, 2.05) is 0 Å². The van der Waals surface area contributed by atoms with E-state index in [1.165, 1.54) is 5.71 Å². The van der Waals surface area contributed by atoms with Crippen LogP contribution in [0, 0.1) is 5.92 Å². The predicted octanol–water partition coefficient (Wildman–Crippen LogP) is 1.02. The first-order valence-electron chi connectivity index (χ1n) is 13.4. The maximum absolute atomic E-state index is 12.7. The minimum absolute atomic E-state index is 0.0000707. The number of aliphatic hydroxyl groups excluding tert-OH is 1. The summed E-state index contributed by atoms with van der Waals surface area (Å²) in [5, 5.41) is 16.8. The minimum atomic E-state index is -1.10. The van der Waals surface area contributed by atoms with Crippen LogP contribution in [0.2, 0.25) is 0 Å². The zero-order valence-corrected chi connectivity index (χ0v) is 22.6. The number of aliphatic imine (C=N–C) groups is 1. The van der Waals surface area contributed by atoms with Crippen molar-refractivity contribution in [1.82, 2.24) is 25.1 Å². The second kappa shape index (κ2) is 11.0. The van der Waals surface area contributed by atoms with Gasteiger partial charge in [0.05, 0.1) is 35.2 Å². The summed E-state index contributed by atoms with van der Waals surface area (Å²) in [6.07, 6.45) is 4.92. The highest BCUT2D eigenvalue weighted by molar-refractivity contribution is 7.85. The Balaban J connectivity index is 1.28. The van der Waals surface area contributed by atoms with E-state index in [0.717, 1.165) is 70.2 Å². The monoisotopic (exact) mass is 516 g/mol. The van der Waals surface area contributed by atoms with Crippen LogP contribution in [-0.4, -0.2) is 105 Å². The molecule has 10 nitrogen and oxygen atoms in total. The lowest BCUT2D eigenvalue weighted by molar-refractivity contribution is 0.248. The van der Waals surface area contributed by atoms with E-state index in [-0.39, 0.29) is 18.6 Å². The van der Waals surface area contributed by atoms with Gasteiger partial charge in [0, 0.05) is 69.8 Å². The molecule has 198 valence electrons. The van der Waals surface area contributed by atoms with E-state index in [2.05, 4.69) is 52.3 Å². The van der Waals surface area contributed by atoms with Gasteiger partial charge in [-0.15, -0.1) is 0 Å². The predicted molar refractivity (Wildman–Crippen MR) is 144 cm³/mol. The number of hydrogen-bond acceptors (Lipinski definition) is 10. The van der Waals surface area contributed by atoms with Crippen molar-refractivity contribution in [1.29, 1.82) is 0 Å². The van der Waals surface area contributed by atoms with Gasteiger partial charge in [-0.1, -0.05) is 20.8 Å². The molecule has 3 atom stereocenters. The smallest absolute Gasteiger partial charge is 0.227 e. The highest BCUT2D eigenvalue weighted by atomic mass is 32.2. The SMILES string of the molecule is CCN1CCC2=NC(N3CCN(c4nc5c(c(N[C@@H](CO)C(C)C)n4)S(=O)CC5)CC3)=CNC2CC1. The fourth-order valence-electron chi connectivity index (χ4n) is 5.34. The zero-order valence-electron chi connectivity index (χ0n) is 21.7. The van der Waals surface area contributed by atoms with Crippen LogP contribution in [0.1, 0.15) is 39.3 Å². The molecule has 0 amide bonds. The van der Waals surface area contributed by atoms with Crippen LogP contribution < -0.4 is 15.5 Å². The molecule has 1 aromatic rings. The van der Waals surface area contributed by atoms with E-state index < -0.39 is 10.8 Å². The van der Waals surface area contributed by atoms with E-state index in [4.69, 9.17) is 15.0 Å². The van der Waals surface area contributed by atoms with Gasteiger partial charge in [-0.2, -0.15) is 4.98 Å². The molecular formula is C25H40N8O2S. The van der Waals surface area contributed by atoms with E-state index in [0.29, 0.717) is 34.9 Å². The molecule has 4 aliphatic rings. The number of aryl methyl sites for hydroxylation is 1. The fraction of sp³-hybridized carbons (Fsp3) is 0.720. The largest absolute Gasteiger partial charge is 0.394 e. The van der Waals surface area contributed by atoms with Crippen LogP contribution in [0.5, 0.6) is 0 Å². The topological polar surface area (TPSA) is 109 Å². The first-order valence-corrected chi connectivity index (χ1v) is 14.7. The number of rotatable bonds is 7. The number of nitrogens with zero attached hydrogens (tertiary/aromatic N) is 6. The van der Waals surface area contributed by atoms with Crippen LogP contribution >= 0.6 is 0 Å². The fourth-order valence-corrected chi connectivity index (χ4v) is 6.65. The Labute approximate surface area is 216 Å². The van der Waals surface area contributed by atoms with Gasteiger partial charge in [0.25, 0.3) is 0 Å². The molecule has 0 saturated carbocycles. The number of likely N-dealkylation sites (tertiary alicyclic amines) is 1. The summed E-state index contributed by atoms with van der Waals surface area (Å²) >= 11 is 0. The first-order chi connectivity index (χ1) is 17.5. The highest BCUT2D eigenvalue weighted by Gasteiger charge is 2.31. The maximum Gasteiger partial charge on any atom is 0.227 e. The number of aliphatic hydroxyl groups is 1. The molecule has 4 aliphatic heterocycles. The Kier molecular flexibility index (Phi) is 7.78. The standard InChI is InChI=1S/C25H40N8O2S/c1-4-31-8-5-18-19(6-9-31)27-22(15-26-18)32-10-12-33(13-11-32)25-29-20-7-14-36(35)23(20)24(30-25)28-21(16-34)17(2)3/h15,17-18,21,26,34H,4-14,16H2,1-3H3,(H,28,29,30)/t18?,21-,36?/m0/s1. The van der Waals surface area contributed by atoms with Crippen molar-refractivity contribution in [2.75, 3.05) is 68.4 Å². The third kappa shape index (κ3) is 5.24. The average Bonchev–Trinajstić information content (AvgIpc) is 3.15. The Morgan fingerprint density at radius 1 is 1.14 bits per heavy atom. The molecule has 2 unspecified atom stereocenters. The van der Waals surface area contributed by atoms with Crippen molar-refractivity contribution < 1.29 is 9.32 Å². The second-order valence-corrected chi connectivity index (χ2v) is 11.9. The molecule has 0 bridgehead atoms. The van der Waals surface area contributed by atoms with Gasteiger partial charge in [-0.25, -0.2) is 9.98 Å². The van der Waals surface area contributed by atoms with Crippen LogP contribution in [0.3, 0.4) is 0 Å². The molecular weight excluding hydrogens is 476 g/mol. The third-order valence-corrected chi connectivity index (χ3v) is 9.28. The number of hydrogen-bond donors (Lipinski definition) is 3. The molecule has 0 aromatic carbocycles. The van der Waals surface area contributed by atoms with Crippen LogP contribution in [0.4, 0.5) is 11.8 Å². The third-order valence-electron chi connectivity index (χ3n) is 7.83. The lowest BCUT2D eigenvalue weighted by atomic mass is 10.1. The number of piperazine rings is 1. The van der Waals surface area contributed by atoms with Crippen molar-refractivity contribution in [2.45, 2.75) is 57.0 Å². The van der Waals surface area contributed by atoms with E-state index in [9.17, 15) is 9.32 Å². The number of fused-ring (bicyclic) bond motifs is 2. The van der Waals surface area contributed by atoms with Crippen molar-refractivity contribution in [3.63, 3.8) is 0 Å². The summed E-state index contributed by atoms with van der Waals surface area (Å²) < 4.78 is 12.7.